The predicted octanol–water partition coefficient (Wildman–Crippen LogP) is 4.74. The molecule has 2 unspecified atom stereocenters. The van der Waals surface area contributed by atoms with Crippen molar-refractivity contribution in [1.29, 1.82) is 0 Å². The Balaban J connectivity index is 1.80. The number of aryl methyl sites for hydroxylation is 2. The summed E-state index contributed by atoms with van der Waals surface area (Å²) < 4.78 is 20.4. The van der Waals surface area contributed by atoms with Gasteiger partial charge in [-0.15, -0.1) is 0 Å². The van der Waals surface area contributed by atoms with Gasteiger partial charge in [0.2, 0.25) is 0 Å². The van der Waals surface area contributed by atoms with Crippen LogP contribution in [-0.2, 0) is 16.5 Å². The monoisotopic (exact) mass is 401 g/mol. The van der Waals surface area contributed by atoms with Crippen molar-refractivity contribution in [3.05, 3.63) is 63.8 Å². The molecule has 5 nitrogen and oxygen atoms in total. The van der Waals surface area contributed by atoms with Crippen LogP contribution in [0.25, 0.3) is 32.6 Å². The summed E-state index contributed by atoms with van der Waals surface area (Å²) in [5, 5.41) is 3.62. The zero-order valence-corrected chi connectivity index (χ0v) is 17.5. The highest BCUT2D eigenvalue weighted by Crippen LogP contribution is 2.49. The second-order valence-corrected chi connectivity index (χ2v) is 8.93. The van der Waals surface area contributed by atoms with Crippen LogP contribution in [0, 0.1) is 6.92 Å². The van der Waals surface area contributed by atoms with Crippen molar-refractivity contribution in [3.63, 3.8) is 0 Å². The highest BCUT2D eigenvalue weighted by molar-refractivity contribution is 6.03. The third-order valence-electron chi connectivity index (χ3n) is 6.64. The molecule has 0 aliphatic carbocycles. The number of hydrogen-bond acceptors (Lipinski definition) is 4. The van der Waals surface area contributed by atoms with Crippen LogP contribution in [-0.4, -0.2) is 23.1 Å². The molecule has 3 heterocycles. The quantitative estimate of drug-likeness (QED) is 0.400. The van der Waals surface area contributed by atoms with Gasteiger partial charge in [-0.25, -0.2) is 0 Å². The Morgan fingerprint density at radius 2 is 1.80 bits per heavy atom. The first-order valence-corrected chi connectivity index (χ1v) is 10.3. The van der Waals surface area contributed by atoms with Crippen LogP contribution in [0.2, 0.25) is 0 Å². The molecule has 2 aliphatic heterocycles. The van der Waals surface area contributed by atoms with Crippen LogP contribution >= 0.6 is 0 Å². The molecule has 152 valence electrons. The maximum absolute atomic E-state index is 13.7. The highest BCUT2D eigenvalue weighted by atomic mass is 16.7. The lowest BCUT2D eigenvalue weighted by molar-refractivity contribution is -0.0605. The summed E-state index contributed by atoms with van der Waals surface area (Å²) in [6.07, 6.45) is -0.492. The number of nitrogens with zero attached hydrogens (tertiary/aromatic N) is 1. The van der Waals surface area contributed by atoms with Gasteiger partial charge in [0.05, 0.1) is 16.6 Å². The van der Waals surface area contributed by atoms with Gasteiger partial charge in [-0.05, 0) is 55.3 Å². The van der Waals surface area contributed by atoms with Gasteiger partial charge in [0.15, 0.2) is 5.43 Å². The molecule has 4 aromatic rings. The first-order chi connectivity index (χ1) is 14.4. The standard InChI is InChI=1S/C25H23NO4/c1-13-9-18-20(23-24(29-12-28-23)25(2,3)30-18)21-19(13)22(27)16-10-14-7-5-6-8-15(14)11-17(16)26(21)4/h5-11,23-24H,12H2,1-4H3. The fourth-order valence-electron chi connectivity index (χ4n) is 5.22. The lowest BCUT2D eigenvalue weighted by atomic mass is 9.86. The molecule has 5 heteroatoms. The van der Waals surface area contributed by atoms with Crippen LogP contribution in [0.1, 0.15) is 31.1 Å². The fraction of sp³-hybridized carbons (Fsp3) is 0.320. The number of aromatic nitrogens is 1. The zero-order chi connectivity index (χ0) is 20.8. The van der Waals surface area contributed by atoms with Gasteiger partial charge in [-0.1, -0.05) is 24.3 Å². The van der Waals surface area contributed by atoms with E-state index in [1.165, 1.54) is 0 Å². The van der Waals surface area contributed by atoms with E-state index >= 15 is 0 Å². The summed E-state index contributed by atoms with van der Waals surface area (Å²) >= 11 is 0. The van der Waals surface area contributed by atoms with E-state index in [-0.39, 0.29) is 24.4 Å². The number of benzene rings is 3. The van der Waals surface area contributed by atoms with Gasteiger partial charge < -0.3 is 18.8 Å². The molecular formula is C25H23NO4. The lowest BCUT2D eigenvalue weighted by Crippen LogP contribution is -2.48. The SMILES string of the molecule is Cc1cc2c(c3c1c(=O)c1cc4ccccc4cc1n3C)C1OCOC1C(C)(C)O2. The Hall–Kier alpha value is -2.89. The summed E-state index contributed by atoms with van der Waals surface area (Å²) in [6.45, 7) is 6.25. The summed E-state index contributed by atoms with van der Waals surface area (Å²) in [5.74, 6) is 0.770. The van der Waals surface area contributed by atoms with E-state index in [4.69, 9.17) is 14.2 Å². The average Bonchev–Trinajstić information content (AvgIpc) is 3.21. The molecule has 1 fully saturated rings. The smallest absolute Gasteiger partial charge is 0.197 e. The maximum atomic E-state index is 13.7. The Bertz CT molecular complexity index is 1430. The summed E-state index contributed by atoms with van der Waals surface area (Å²) in [7, 11) is 2.02. The van der Waals surface area contributed by atoms with Crippen LogP contribution in [0.5, 0.6) is 5.75 Å². The molecule has 0 amide bonds. The van der Waals surface area contributed by atoms with Crippen molar-refractivity contribution in [2.45, 2.75) is 38.6 Å². The van der Waals surface area contributed by atoms with Crippen LogP contribution in [0.3, 0.4) is 0 Å². The summed E-state index contributed by atoms with van der Waals surface area (Å²) in [4.78, 5) is 13.7. The van der Waals surface area contributed by atoms with E-state index in [9.17, 15) is 4.79 Å². The van der Waals surface area contributed by atoms with Crippen LogP contribution in [0.4, 0.5) is 0 Å². The van der Waals surface area contributed by atoms with E-state index in [0.29, 0.717) is 0 Å². The van der Waals surface area contributed by atoms with Crippen LogP contribution in [0.15, 0.2) is 47.3 Å². The van der Waals surface area contributed by atoms with E-state index in [1.54, 1.807) is 0 Å². The van der Waals surface area contributed by atoms with E-state index in [1.807, 2.05) is 58.2 Å². The van der Waals surface area contributed by atoms with Crippen molar-refractivity contribution in [3.8, 4) is 5.75 Å². The van der Waals surface area contributed by atoms with Gasteiger partial charge in [-0.3, -0.25) is 4.79 Å². The molecule has 2 aliphatic rings. The zero-order valence-electron chi connectivity index (χ0n) is 17.5. The molecular weight excluding hydrogens is 378 g/mol. The normalized spacial score (nSPS) is 22.3. The lowest BCUT2D eigenvalue weighted by Gasteiger charge is -2.40. The van der Waals surface area contributed by atoms with Gasteiger partial charge in [0.25, 0.3) is 0 Å². The fourth-order valence-corrected chi connectivity index (χ4v) is 5.22. The Morgan fingerprint density at radius 1 is 1.07 bits per heavy atom. The van der Waals surface area contributed by atoms with E-state index in [2.05, 4.69) is 16.7 Å². The van der Waals surface area contributed by atoms with E-state index in [0.717, 1.165) is 49.5 Å². The Labute approximate surface area is 173 Å². The molecule has 0 spiro atoms. The molecule has 1 saturated heterocycles. The van der Waals surface area contributed by atoms with Crippen LogP contribution < -0.4 is 10.2 Å². The van der Waals surface area contributed by atoms with Gasteiger partial charge in [0.1, 0.15) is 30.4 Å². The second kappa shape index (κ2) is 5.84. The van der Waals surface area contributed by atoms with Gasteiger partial charge in [0, 0.05) is 17.8 Å². The third kappa shape index (κ3) is 2.22. The minimum absolute atomic E-state index is 0.0458. The second-order valence-electron chi connectivity index (χ2n) is 8.93. The summed E-state index contributed by atoms with van der Waals surface area (Å²) in [6, 6.07) is 14.2. The number of rotatable bonds is 0. The molecule has 30 heavy (non-hydrogen) atoms. The van der Waals surface area contributed by atoms with E-state index < -0.39 is 5.60 Å². The van der Waals surface area contributed by atoms with Crippen molar-refractivity contribution in [2.75, 3.05) is 6.79 Å². The number of ether oxygens (including phenoxy) is 3. The Morgan fingerprint density at radius 3 is 2.57 bits per heavy atom. The predicted molar refractivity (Wildman–Crippen MR) is 117 cm³/mol. The molecule has 2 atom stereocenters. The number of pyridine rings is 1. The minimum Gasteiger partial charge on any atom is -0.485 e. The minimum atomic E-state index is -0.514. The number of fused-ring (bicyclic) bond motifs is 7. The topological polar surface area (TPSA) is 49.7 Å². The third-order valence-corrected chi connectivity index (χ3v) is 6.64. The molecule has 0 N–H and O–H groups in total. The molecule has 1 aromatic heterocycles. The van der Waals surface area contributed by atoms with Crippen molar-refractivity contribution in [2.24, 2.45) is 7.05 Å². The Kier molecular flexibility index (Phi) is 3.49. The number of hydrogen-bond donors (Lipinski definition) is 0. The first-order valence-electron chi connectivity index (χ1n) is 10.3. The average molecular weight is 401 g/mol. The molecule has 0 bridgehead atoms. The largest absolute Gasteiger partial charge is 0.485 e. The maximum Gasteiger partial charge on any atom is 0.197 e. The van der Waals surface area contributed by atoms with Gasteiger partial charge >= 0.3 is 0 Å². The van der Waals surface area contributed by atoms with Crippen molar-refractivity contribution >= 4 is 32.6 Å². The first kappa shape index (κ1) is 17.9. The molecule has 3 aromatic carbocycles. The summed E-state index contributed by atoms with van der Waals surface area (Å²) in [5.41, 5.74) is 3.12. The molecule has 6 rings (SSSR count). The van der Waals surface area contributed by atoms with Crippen molar-refractivity contribution < 1.29 is 14.2 Å². The van der Waals surface area contributed by atoms with Gasteiger partial charge in [-0.2, -0.15) is 0 Å². The molecule has 0 saturated carbocycles. The molecule has 0 radical (unpaired) electrons. The van der Waals surface area contributed by atoms with Crippen molar-refractivity contribution in [1.82, 2.24) is 4.57 Å². The highest BCUT2D eigenvalue weighted by Gasteiger charge is 2.50.